The highest BCUT2D eigenvalue weighted by molar-refractivity contribution is 4.87. The molecule has 0 spiro atoms. The van der Waals surface area contributed by atoms with Crippen molar-refractivity contribution in [1.29, 1.82) is 5.26 Å². The summed E-state index contributed by atoms with van der Waals surface area (Å²) >= 11 is 0. The number of hydrogen-bond donors (Lipinski definition) is 1. The molecular weight excluding hydrogens is 178 g/mol. The van der Waals surface area contributed by atoms with Gasteiger partial charge in [-0.05, 0) is 19.8 Å². The summed E-state index contributed by atoms with van der Waals surface area (Å²) in [6, 6.07) is 2.00. The van der Waals surface area contributed by atoms with Gasteiger partial charge in [0.25, 0.3) is 0 Å². The van der Waals surface area contributed by atoms with E-state index in [4.69, 9.17) is 11.0 Å². The van der Waals surface area contributed by atoms with Crippen molar-refractivity contribution in [2.24, 2.45) is 5.73 Å². The highest BCUT2D eigenvalue weighted by atomic mass is 15.3. The third-order valence-electron chi connectivity index (χ3n) is 1.89. The van der Waals surface area contributed by atoms with Crippen LogP contribution < -0.4 is 5.73 Å². The predicted octanol–water partition coefficient (Wildman–Crippen LogP) is 0.992. The van der Waals surface area contributed by atoms with Gasteiger partial charge in [-0.25, -0.2) is 4.98 Å². The summed E-state index contributed by atoms with van der Waals surface area (Å²) in [6.45, 7) is 2.66. The summed E-state index contributed by atoms with van der Waals surface area (Å²) in [7, 11) is 0. The molecule has 0 saturated heterocycles. The molecule has 1 rings (SSSR count). The van der Waals surface area contributed by atoms with Gasteiger partial charge in [0.05, 0.1) is 12.1 Å². The topological polar surface area (TPSA) is 80.5 Å². The number of nitrogens with two attached hydrogens (primary N) is 1. The summed E-state index contributed by atoms with van der Waals surface area (Å²) in [5, 5.41) is 12.5. The van der Waals surface area contributed by atoms with E-state index in [1.165, 1.54) is 0 Å². The molecule has 14 heavy (non-hydrogen) atoms. The van der Waals surface area contributed by atoms with Crippen LogP contribution in [0.4, 0.5) is 0 Å². The highest BCUT2D eigenvalue weighted by Gasteiger charge is 2.04. The molecule has 1 unspecified atom stereocenters. The Morgan fingerprint density at radius 2 is 2.43 bits per heavy atom. The van der Waals surface area contributed by atoms with Crippen LogP contribution in [-0.2, 0) is 6.54 Å². The zero-order valence-corrected chi connectivity index (χ0v) is 8.35. The molecule has 0 fully saturated rings. The molecule has 0 amide bonds. The molecule has 76 valence electrons. The zero-order valence-electron chi connectivity index (χ0n) is 8.35. The number of rotatable bonds is 5. The predicted molar refractivity (Wildman–Crippen MR) is 52.1 cm³/mol. The molecule has 5 heteroatoms. The van der Waals surface area contributed by atoms with Crippen LogP contribution in [0, 0.1) is 11.3 Å². The fourth-order valence-electron chi connectivity index (χ4n) is 1.10. The van der Waals surface area contributed by atoms with Crippen molar-refractivity contribution in [2.75, 3.05) is 0 Å². The number of nitriles is 1. The normalized spacial score (nSPS) is 12.4. The largest absolute Gasteiger partial charge is 0.321 e. The van der Waals surface area contributed by atoms with Crippen molar-refractivity contribution in [2.45, 2.75) is 38.8 Å². The summed E-state index contributed by atoms with van der Waals surface area (Å²) in [4.78, 5) is 4.08. The van der Waals surface area contributed by atoms with Gasteiger partial charge in [0, 0.05) is 13.0 Å². The summed E-state index contributed by atoms with van der Waals surface area (Å²) < 4.78 is 1.77. The van der Waals surface area contributed by atoms with E-state index >= 15 is 0 Å². The van der Waals surface area contributed by atoms with E-state index in [0.29, 0.717) is 12.2 Å². The van der Waals surface area contributed by atoms with Crippen LogP contribution in [0.15, 0.2) is 6.33 Å². The average Bonchev–Trinajstić information content (AvgIpc) is 2.61. The fourth-order valence-corrected chi connectivity index (χ4v) is 1.10. The molecule has 0 aromatic carbocycles. The van der Waals surface area contributed by atoms with Gasteiger partial charge in [-0.3, -0.25) is 4.68 Å². The number of unbranched alkanes of at least 4 members (excludes halogenated alkanes) is 2. The molecule has 5 nitrogen and oxygen atoms in total. The monoisotopic (exact) mass is 193 g/mol. The van der Waals surface area contributed by atoms with Crippen molar-refractivity contribution >= 4 is 0 Å². The van der Waals surface area contributed by atoms with Gasteiger partial charge in [0.15, 0.2) is 5.82 Å². The van der Waals surface area contributed by atoms with Crippen LogP contribution >= 0.6 is 0 Å². The summed E-state index contributed by atoms with van der Waals surface area (Å²) in [5.74, 6) is 0.672. The molecule has 0 saturated carbocycles. The maximum Gasteiger partial charge on any atom is 0.166 e. The Balaban J connectivity index is 2.33. The maximum absolute atomic E-state index is 8.34. The highest BCUT2D eigenvalue weighted by Crippen LogP contribution is 2.02. The lowest BCUT2D eigenvalue weighted by Gasteiger charge is -1.99. The maximum atomic E-state index is 8.34. The van der Waals surface area contributed by atoms with Crippen molar-refractivity contribution in [1.82, 2.24) is 14.8 Å². The van der Waals surface area contributed by atoms with E-state index in [0.717, 1.165) is 19.4 Å². The van der Waals surface area contributed by atoms with Gasteiger partial charge in [0.1, 0.15) is 6.33 Å². The Hall–Kier alpha value is -1.41. The zero-order chi connectivity index (χ0) is 10.4. The van der Waals surface area contributed by atoms with E-state index in [-0.39, 0.29) is 6.04 Å². The molecule has 1 aromatic rings. The summed E-state index contributed by atoms with van der Waals surface area (Å²) in [6.07, 6.45) is 4.15. The molecule has 0 bridgehead atoms. The molecule has 2 N–H and O–H groups in total. The van der Waals surface area contributed by atoms with Gasteiger partial charge in [0.2, 0.25) is 0 Å². The molecular formula is C9H15N5. The van der Waals surface area contributed by atoms with Crippen LogP contribution in [0.5, 0.6) is 0 Å². The van der Waals surface area contributed by atoms with Crippen LogP contribution in [0.2, 0.25) is 0 Å². The molecule has 0 radical (unpaired) electrons. The van der Waals surface area contributed by atoms with Crippen LogP contribution in [0.25, 0.3) is 0 Å². The molecule has 1 aromatic heterocycles. The number of hydrogen-bond acceptors (Lipinski definition) is 4. The SMILES string of the molecule is CC(N)c1ncn(CCCCC#N)n1. The van der Waals surface area contributed by atoms with E-state index in [1.54, 1.807) is 11.0 Å². The Kier molecular flexibility index (Phi) is 4.08. The van der Waals surface area contributed by atoms with Crippen LogP contribution in [-0.4, -0.2) is 14.8 Å². The first-order valence-electron chi connectivity index (χ1n) is 4.76. The first-order chi connectivity index (χ1) is 6.74. The molecule has 0 aliphatic carbocycles. The average molecular weight is 193 g/mol. The first-order valence-corrected chi connectivity index (χ1v) is 4.76. The Morgan fingerprint density at radius 3 is 3.00 bits per heavy atom. The minimum atomic E-state index is -0.115. The van der Waals surface area contributed by atoms with Crippen molar-refractivity contribution < 1.29 is 0 Å². The smallest absolute Gasteiger partial charge is 0.166 e. The Bertz CT molecular complexity index is 309. The third-order valence-corrected chi connectivity index (χ3v) is 1.89. The van der Waals surface area contributed by atoms with Gasteiger partial charge >= 0.3 is 0 Å². The minimum Gasteiger partial charge on any atom is -0.321 e. The first kappa shape index (κ1) is 10.7. The van der Waals surface area contributed by atoms with Crippen LogP contribution in [0.3, 0.4) is 0 Å². The van der Waals surface area contributed by atoms with Gasteiger partial charge < -0.3 is 5.73 Å². The Morgan fingerprint density at radius 1 is 1.64 bits per heavy atom. The number of aromatic nitrogens is 3. The van der Waals surface area contributed by atoms with Crippen LogP contribution in [0.1, 0.15) is 38.1 Å². The standard InChI is InChI=1S/C9H15N5/c1-8(11)9-12-7-14(13-9)6-4-2-3-5-10/h7-8H,2-4,6,11H2,1H3. The lowest BCUT2D eigenvalue weighted by Crippen LogP contribution is -2.08. The Labute approximate surface area is 83.5 Å². The second kappa shape index (κ2) is 5.35. The molecule has 1 atom stereocenters. The minimum absolute atomic E-state index is 0.115. The second-order valence-electron chi connectivity index (χ2n) is 3.27. The van der Waals surface area contributed by atoms with Crippen molar-refractivity contribution in [3.8, 4) is 6.07 Å². The molecule has 0 aliphatic rings. The van der Waals surface area contributed by atoms with Gasteiger partial charge in [-0.1, -0.05) is 0 Å². The van der Waals surface area contributed by atoms with E-state index < -0.39 is 0 Å². The lowest BCUT2D eigenvalue weighted by molar-refractivity contribution is 0.551. The molecule has 0 aliphatic heterocycles. The lowest BCUT2D eigenvalue weighted by atomic mass is 10.2. The summed E-state index contributed by atoms with van der Waals surface area (Å²) in [5.41, 5.74) is 5.62. The molecule has 1 heterocycles. The number of aryl methyl sites for hydroxylation is 1. The second-order valence-corrected chi connectivity index (χ2v) is 3.27. The van der Waals surface area contributed by atoms with Gasteiger partial charge in [-0.2, -0.15) is 10.4 Å². The van der Waals surface area contributed by atoms with E-state index in [1.807, 2.05) is 6.92 Å². The fraction of sp³-hybridized carbons (Fsp3) is 0.667. The van der Waals surface area contributed by atoms with Crippen molar-refractivity contribution in [3.05, 3.63) is 12.2 Å². The third kappa shape index (κ3) is 3.15. The van der Waals surface area contributed by atoms with E-state index in [2.05, 4.69) is 16.2 Å². The van der Waals surface area contributed by atoms with Gasteiger partial charge in [-0.15, -0.1) is 0 Å². The van der Waals surface area contributed by atoms with E-state index in [9.17, 15) is 0 Å². The number of nitrogens with zero attached hydrogens (tertiary/aromatic N) is 4. The quantitative estimate of drug-likeness (QED) is 0.707. The van der Waals surface area contributed by atoms with Crippen molar-refractivity contribution in [3.63, 3.8) is 0 Å².